The predicted molar refractivity (Wildman–Crippen MR) is 64.6 cm³/mol. The molecular formula is C13H25NO2. The van der Waals surface area contributed by atoms with Gasteiger partial charge in [0.05, 0.1) is 24.4 Å². The van der Waals surface area contributed by atoms with Crippen LogP contribution in [-0.4, -0.2) is 37.0 Å². The van der Waals surface area contributed by atoms with Crippen molar-refractivity contribution in [1.29, 1.82) is 0 Å². The molecule has 0 aromatic carbocycles. The molecule has 3 atom stereocenters. The van der Waals surface area contributed by atoms with Crippen molar-refractivity contribution < 1.29 is 9.47 Å². The maximum Gasteiger partial charge on any atom is 0.0675 e. The Morgan fingerprint density at radius 2 is 1.88 bits per heavy atom. The van der Waals surface area contributed by atoms with Crippen LogP contribution in [0.1, 0.15) is 46.5 Å². The summed E-state index contributed by atoms with van der Waals surface area (Å²) in [6, 6.07) is 0.776. The first-order valence-electron chi connectivity index (χ1n) is 6.67. The molecule has 1 saturated carbocycles. The van der Waals surface area contributed by atoms with E-state index < -0.39 is 0 Å². The van der Waals surface area contributed by atoms with Gasteiger partial charge in [-0.2, -0.15) is 0 Å². The first-order chi connectivity index (χ1) is 7.63. The summed E-state index contributed by atoms with van der Waals surface area (Å²) in [6.45, 7) is 7.43. The molecule has 94 valence electrons. The van der Waals surface area contributed by atoms with Crippen LogP contribution in [0.2, 0.25) is 0 Å². The standard InChI is InChI=1S/C13H25NO2/c1-9-6-13(7-10(2)15-9)16-11(3)8-14-12-4-5-12/h9-14H,4-8H2,1-3H3. The lowest BCUT2D eigenvalue weighted by Crippen LogP contribution is -2.38. The van der Waals surface area contributed by atoms with E-state index in [9.17, 15) is 0 Å². The molecule has 1 N–H and O–H groups in total. The minimum absolute atomic E-state index is 0.322. The minimum Gasteiger partial charge on any atom is -0.375 e. The monoisotopic (exact) mass is 227 g/mol. The van der Waals surface area contributed by atoms with Crippen LogP contribution in [-0.2, 0) is 9.47 Å². The van der Waals surface area contributed by atoms with Crippen molar-refractivity contribution in [2.75, 3.05) is 6.54 Å². The fourth-order valence-electron chi connectivity index (χ4n) is 2.45. The molecule has 2 aliphatic rings. The average Bonchev–Trinajstić information content (AvgIpc) is 2.96. The van der Waals surface area contributed by atoms with Gasteiger partial charge in [0.1, 0.15) is 0 Å². The Bertz CT molecular complexity index is 208. The van der Waals surface area contributed by atoms with Crippen molar-refractivity contribution in [2.24, 2.45) is 0 Å². The third-order valence-electron chi connectivity index (χ3n) is 3.35. The Morgan fingerprint density at radius 3 is 2.44 bits per heavy atom. The third-order valence-corrected chi connectivity index (χ3v) is 3.35. The molecule has 0 aromatic rings. The number of ether oxygens (including phenoxy) is 2. The summed E-state index contributed by atoms with van der Waals surface area (Å²) in [4.78, 5) is 0. The van der Waals surface area contributed by atoms with E-state index in [0.29, 0.717) is 24.4 Å². The first kappa shape index (κ1) is 12.3. The fraction of sp³-hybridized carbons (Fsp3) is 1.00. The molecule has 3 heteroatoms. The van der Waals surface area contributed by atoms with Gasteiger partial charge in [0.15, 0.2) is 0 Å². The van der Waals surface area contributed by atoms with Gasteiger partial charge in [-0.25, -0.2) is 0 Å². The molecule has 1 heterocycles. The lowest BCUT2D eigenvalue weighted by Gasteiger charge is -2.33. The Hall–Kier alpha value is -0.120. The van der Waals surface area contributed by atoms with Crippen LogP contribution in [0.4, 0.5) is 0 Å². The maximum atomic E-state index is 6.07. The van der Waals surface area contributed by atoms with Crippen molar-refractivity contribution in [3.8, 4) is 0 Å². The van der Waals surface area contributed by atoms with Gasteiger partial charge in [0.25, 0.3) is 0 Å². The smallest absolute Gasteiger partial charge is 0.0675 e. The zero-order chi connectivity index (χ0) is 11.5. The summed E-state index contributed by atoms with van der Waals surface area (Å²) in [5.74, 6) is 0. The van der Waals surface area contributed by atoms with Gasteiger partial charge in [-0.05, 0) is 46.5 Å². The zero-order valence-corrected chi connectivity index (χ0v) is 10.7. The Kier molecular flexibility index (Phi) is 4.22. The lowest BCUT2D eigenvalue weighted by molar-refractivity contribution is -0.117. The van der Waals surface area contributed by atoms with Crippen molar-refractivity contribution >= 4 is 0 Å². The Balaban J connectivity index is 1.66. The Morgan fingerprint density at radius 1 is 1.25 bits per heavy atom. The van der Waals surface area contributed by atoms with Gasteiger partial charge < -0.3 is 14.8 Å². The molecule has 3 nitrogen and oxygen atoms in total. The zero-order valence-electron chi connectivity index (χ0n) is 10.7. The summed E-state index contributed by atoms with van der Waals surface area (Å²) < 4.78 is 11.8. The highest BCUT2D eigenvalue weighted by Gasteiger charge is 2.27. The molecular weight excluding hydrogens is 202 g/mol. The third kappa shape index (κ3) is 4.04. The van der Waals surface area contributed by atoms with E-state index in [1.54, 1.807) is 0 Å². The average molecular weight is 227 g/mol. The van der Waals surface area contributed by atoms with E-state index in [-0.39, 0.29) is 0 Å². The van der Waals surface area contributed by atoms with Crippen LogP contribution >= 0.6 is 0 Å². The summed E-state index contributed by atoms with van der Waals surface area (Å²) >= 11 is 0. The summed E-state index contributed by atoms with van der Waals surface area (Å²) in [6.07, 6.45) is 6.17. The number of rotatable bonds is 5. The van der Waals surface area contributed by atoms with Crippen molar-refractivity contribution in [3.63, 3.8) is 0 Å². The maximum absolute atomic E-state index is 6.07. The normalized spacial score (nSPS) is 37.3. The van der Waals surface area contributed by atoms with Gasteiger partial charge in [-0.1, -0.05) is 0 Å². The number of nitrogens with one attached hydrogen (secondary N) is 1. The second-order valence-corrected chi connectivity index (χ2v) is 5.48. The van der Waals surface area contributed by atoms with E-state index in [2.05, 4.69) is 26.1 Å². The molecule has 0 radical (unpaired) electrons. The molecule has 2 fully saturated rings. The van der Waals surface area contributed by atoms with Crippen molar-refractivity contribution in [3.05, 3.63) is 0 Å². The quantitative estimate of drug-likeness (QED) is 0.780. The van der Waals surface area contributed by atoms with Gasteiger partial charge in [-0.15, -0.1) is 0 Å². The SMILES string of the molecule is CC1CC(OC(C)CNC2CC2)CC(C)O1. The van der Waals surface area contributed by atoms with Crippen LogP contribution in [0.5, 0.6) is 0 Å². The molecule has 0 amide bonds. The second kappa shape index (κ2) is 5.48. The van der Waals surface area contributed by atoms with Crippen LogP contribution in [0.25, 0.3) is 0 Å². The highest BCUT2D eigenvalue weighted by Crippen LogP contribution is 2.23. The molecule has 16 heavy (non-hydrogen) atoms. The molecule has 2 rings (SSSR count). The summed E-state index contributed by atoms with van der Waals surface area (Å²) in [5.41, 5.74) is 0. The Labute approximate surface area is 98.9 Å². The van der Waals surface area contributed by atoms with Crippen LogP contribution in [0, 0.1) is 0 Å². The topological polar surface area (TPSA) is 30.5 Å². The highest BCUT2D eigenvalue weighted by atomic mass is 16.5. The predicted octanol–water partition coefficient (Wildman–Crippen LogP) is 2.10. The molecule has 0 spiro atoms. The minimum atomic E-state index is 0.322. The first-order valence-corrected chi connectivity index (χ1v) is 6.67. The van der Waals surface area contributed by atoms with Gasteiger partial charge in [0.2, 0.25) is 0 Å². The van der Waals surface area contributed by atoms with E-state index in [0.717, 1.165) is 25.4 Å². The molecule has 1 aliphatic heterocycles. The van der Waals surface area contributed by atoms with Crippen molar-refractivity contribution in [1.82, 2.24) is 5.32 Å². The summed E-state index contributed by atoms with van der Waals surface area (Å²) in [7, 11) is 0. The molecule has 1 aliphatic carbocycles. The van der Waals surface area contributed by atoms with E-state index >= 15 is 0 Å². The van der Waals surface area contributed by atoms with E-state index in [1.165, 1.54) is 12.8 Å². The highest BCUT2D eigenvalue weighted by molar-refractivity contribution is 4.82. The number of hydrogen-bond donors (Lipinski definition) is 1. The van der Waals surface area contributed by atoms with E-state index in [4.69, 9.17) is 9.47 Å². The van der Waals surface area contributed by atoms with Crippen LogP contribution in [0.3, 0.4) is 0 Å². The largest absolute Gasteiger partial charge is 0.375 e. The molecule has 0 bridgehead atoms. The molecule has 3 unspecified atom stereocenters. The fourth-order valence-corrected chi connectivity index (χ4v) is 2.45. The molecule has 1 saturated heterocycles. The molecule has 0 aromatic heterocycles. The van der Waals surface area contributed by atoms with Gasteiger partial charge in [-0.3, -0.25) is 0 Å². The van der Waals surface area contributed by atoms with Gasteiger partial charge >= 0.3 is 0 Å². The summed E-state index contributed by atoms with van der Waals surface area (Å²) in [5, 5.41) is 3.51. The van der Waals surface area contributed by atoms with Crippen molar-refractivity contribution in [2.45, 2.75) is 76.9 Å². The lowest BCUT2D eigenvalue weighted by atomic mass is 10.0. The van der Waals surface area contributed by atoms with Gasteiger partial charge in [0, 0.05) is 12.6 Å². The number of hydrogen-bond acceptors (Lipinski definition) is 3. The van der Waals surface area contributed by atoms with E-state index in [1.807, 2.05) is 0 Å². The van der Waals surface area contributed by atoms with Crippen LogP contribution < -0.4 is 5.32 Å². The second-order valence-electron chi connectivity index (χ2n) is 5.48. The van der Waals surface area contributed by atoms with Crippen LogP contribution in [0.15, 0.2) is 0 Å².